The molecule has 1 saturated carbocycles. The van der Waals surface area contributed by atoms with E-state index >= 15 is 0 Å². The molecule has 3 aromatic rings. The zero-order valence-corrected chi connectivity index (χ0v) is 21.2. The number of hydrogen-bond acceptors (Lipinski definition) is 4. The van der Waals surface area contributed by atoms with Crippen molar-refractivity contribution in [3.05, 3.63) is 82.8 Å². The maximum absolute atomic E-state index is 12.9. The standard InChI is InChI=1S/C24H29ClN4O2S.ClH/c1-28-16-23(27-17-28)32(30,31)29(2)15-18-5-3-6-19(13-18)22(14-26)24(11-4-12-24)20-7-9-21(25)10-8-20;/h3,5-10,13,16-17,22H,4,11-12,14-15,26H2,1-2H3;1H. The van der Waals surface area contributed by atoms with Crippen LogP contribution in [0.4, 0.5) is 0 Å². The van der Waals surface area contributed by atoms with E-state index < -0.39 is 10.0 Å². The first-order valence-electron chi connectivity index (χ1n) is 10.8. The summed E-state index contributed by atoms with van der Waals surface area (Å²) in [4.78, 5) is 4.01. The summed E-state index contributed by atoms with van der Waals surface area (Å²) in [5, 5.41) is 0.779. The normalized spacial score (nSPS) is 16.2. The molecule has 1 aromatic heterocycles. The zero-order chi connectivity index (χ0) is 22.9. The maximum Gasteiger partial charge on any atom is 0.262 e. The van der Waals surface area contributed by atoms with E-state index in [1.54, 1.807) is 18.7 Å². The van der Waals surface area contributed by atoms with E-state index in [1.165, 1.54) is 28.8 Å². The summed E-state index contributed by atoms with van der Waals surface area (Å²) >= 11 is 6.12. The second-order valence-corrected chi connectivity index (χ2v) is 11.1. The maximum atomic E-state index is 12.9. The molecule has 33 heavy (non-hydrogen) atoms. The molecule has 0 saturated heterocycles. The van der Waals surface area contributed by atoms with Gasteiger partial charge in [0.15, 0.2) is 5.03 Å². The Morgan fingerprint density at radius 1 is 1.21 bits per heavy atom. The minimum Gasteiger partial charge on any atom is -0.339 e. The number of nitrogens with zero attached hydrogens (tertiary/aromatic N) is 3. The predicted octanol–water partition coefficient (Wildman–Crippen LogP) is 4.48. The summed E-state index contributed by atoms with van der Waals surface area (Å²) in [6.07, 6.45) is 6.33. The molecular weight excluding hydrogens is 479 g/mol. The lowest BCUT2D eigenvalue weighted by atomic mass is 9.56. The Morgan fingerprint density at radius 2 is 1.91 bits per heavy atom. The first-order valence-corrected chi connectivity index (χ1v) is 12.6. The number of hydrogen-bond donors (Lipinski definition) is 1. The molecule has 4 rings (SSSR count). The molecule has 1 atom stereocenters. The molecule has 1 heterocycles. The van der Waals surface area contributed by atoms with Gasteiger partial charge in [0, 0.05) is 49.7 Å². The summed E-state index contributed by atoms with van der Waals surface area (Å²) < 4.78 is 28.7. The van der Waals surface area contributed by atoms with Crippen LogP contribution < -0.4 is 5.73 Å². The average Bonchev–Trinajstić information content (AvgIpc) is 3.19. The van der Waals surface area contributed by atoms with Gasteiger partial charge in [-0.2, -0.15) is 4.31 Å². The topological polar surface area (TPSA) is 81.2 Å². The molecule has 1 aliphatic rings. The minimum absolute atomic E-state index is 0. The molecule has 1 aliphatic carbocycles. The highest BCUT2D eigenvalue weighted by atomic mass is 35.5. The van der Waals surface area contributed by atoms with Crippen LogP contribution in [0.3, 0.4) is 0 Å². The second kappa shape index (κ2) is 10.2. The van der Waals surface area contributed by atoms with Gasteiger partial charge in [-0.25, -0.2) is 13.4 Å². The number of nitrogens with two attached hydrogens (primary N) is 1. The van der Waals surface area contributed by atoms with E-state index in [4.69, 9.17) is 17.3 Å². The Hall–Kier alpha value is -1.90. The number of aryl methyl sites for hydroxylation is 1. The van der Waals surface area contributed by atoms with Crippen LogP contribution in [0.15, 0.2) is 66.1 Å². The Labute approximate surface area is 207 Å². The summed E-state index contributed by atoms with van der Waals surface area (Å²) in [6.45, 7) is 0.784. The van der Waals surface area contributed by atoms with Crippen LogP contribution in [-0.2, 0) is 29.0 Å². The third kappa shape index (κ3) is 4.98. The summed E-state index contributed by atoms with van der Waals surface area (Å²) in [6, 6.07) is 16.3. The predicted molar refractivity (Wildman–Crippen MR) is 134 cm³/mol. The van der Waals surface area contributed by atoms with E-state index in [0.717, 1.165) is 29.0 Å². The van der Waals surface area contributed by atoms with Crippen molar-refractivity contribution in [3.8, 4) is 0 Å². The highest BCUT2D eigenvalue weighted by molar-refractivity contribution is 7.89. The molecular formula is C24H30Cl2N4O2S. The van der Waals surface area contributed by atoms with E-state index in [9.17, 15) is 8.42 Å². The van der Waals surface area contributed by atoms with Crippen molar-refractivity contribution in [2.75, 3.05) is 13.6 Å². The lowest BCUT2D eigenvalue weighted by molar-refractivity contribution is 0.196. The van der Waals surface area contributed by atoms with Gasteiger partial charge < -0.3 is 10.3 Å². The fraction of sp³-hybridized carbons (Fsp3) is 0.375. The van der Waals surface area contributed by atoms with E-state index in [2.05, 4.69) is 29.2 Å². The Kier molecular flexibility index (Phi) is 7.91. The fourth-order valence-corrected chi connectivity index (χ4v) is 6.03. The molecule has 0 amide bonds. The van der Waals surface area contributed by atoms with Gasteiger partial charge in [0.1, 0.15) is 0 Å². The lowest BCUT2D eigenvalue weighted by Crippen LogP contribution is -2.43. The third-order valence-corrected chi connectivity index (χ3v) is 8.62. The molecule has 9 heteroatoms. The molecule has 1 unspecified atom stereocenters. The van der Waals surface area contributed by atoms with Gasteiger partial charge in [-0.3, -0.25) is 0 Å². The quantitative estimate of drug-likeness (QED) is 0.486. The first-order chi connectivity index (χ1) is 15.3. The first kappa shape index (κ1) is 25.7. The molecule has 2 N–H and O–H groups in total. The van der Waals surface area contributed by atoms with Crippen LogP contribution in [0.25, 0.3) is 0 Å². The molecule has 2 aromatic carbocycles. The van der Waals surface area contributed by atoms with E-state index in [0.29, 0.717) is 6.54 Å². The van der Waals surface area contributed by atoms with Gasteiger partial charge in [0.05, 0.1) is 6.33 Å². The van der Waals surface area contributed by atoms with Crippen molar-refractivity contribution in [1.82, 2.24) is 13.9 Å². The number of aromatic nitrogens is 2. The van der Waals surface area contributed by atoms with Gasteiger partial charge in [-0.15, -0.1) is 12.4 Å². The van der Waals surface area contributed by atoms with Gasteiger partial charge in [0.2, 0.25) is 0 Å². The number of sulfonamides is 1. The van der Waals surface area contributed by atoms with E-state index in [1.807, 2.05) is 24.3 Å². The van der Waals surface area contributed by atoms with Crippen LogP contribution in [-0.4, -0.2) is 35.9 Å². The number of benzene rings is 2. The lowest BCUT2D eigenvalue weighted by Gasteiger charge is -2.48. The fourth-order valence-electron chi connectivity index (χ4n) is 4.79. The zero-order valence-electron chi connectivity index (χ0n) is 18.8. The number of halogens is 2. The van der Waals surface area contributed by atoms with Crippen molar-refractivity contribution in [2.24, 2.45) is 12.8 Å². The highest BCUT2D eigenvalue weighted by Crippen LogP contribution is 2.53. The Balaban J connectivity index is 0.00000306. The third-order valence-electron chi connectivity index (χ3n) is 6.68. The van der Waals surface area contributed by atoms with Crippen molar-refractivity contribution >= 4 is 34.0 Å². The monoisotopic (exact) mass is 508 g/mol. The van der Waals surface area contributed by atoms with Crippen LogP contribution in [0.2, 0.25) is 5.02 Å². The summed E-state index contributed by atoms with van der Waals surface area (Å²) in [5.74, 6) is 0.148. The molecule has 0 spiro atoms. The smallest absolute Gasteiger partial charge is 0.262 e. The van der Waals surface area contributed by atoms with Crippen molar-refractivity contribution < 1.29 is 8.42 Å². The molecule has 0 aliphatic heterocycles. The molecule has 0 radical (unpaired) electrons. The van der Waals surface area contributed by atoms with Gasteiger partial charge in [0.25, 0.3) is 10.0 Å². The summed E-state index contributed by atoms with van der Waals surface area (Å²) in [7, 11) is -0.329. The van der Waals surface area contributed by atoms with Crippen LogP contribution in [0.1, 0.15) is 41.9 Å². The minimum atomic E-state index is -3.66. The number of rotatable bonds is 8. The van der Waals surface area contributed by atoms with Crippen molar-refractivity contribution in [3.63, 3.8) is 0 Å². The molecule has 6 nitrogen and oxygen atoms in total. The van der Waals surface area contributed by atoms with Crippen LogP contribution >= 0.6 is 24.0 Å². The average molecular weight is 510 g/mol. The second-order valence-electron chi connectivity index (χ2n) is 8.69. The number of imidazole rings is 1. The highest BCUT2D eigenvalue weighted by Gasteiger charge is 2.45. The van der Waals surface area contributed by atoms with Gasteiger partial charge in [-0.05, 0) is 41.7 Å². The molecule has 178 valence electrons. The van der Waals surface area contributed by atoms with Crippen LogP contribution in [0.5, 0.6) is 0 Å². The van der Waals surface area contributed by atoms with Gasteiger partial charge >= 0.3 is 0 Å². The molecule has 0 bridgehead atoms. The van der Waals surface area contributed by atoms with Crippen molar-refractivity contribution in [2.45, 2.75) is 42.2 Å². The largest absolute Gasteiger partial charge is 0.339 e. The van der Waals surface area contributed by atoms with Crippen molar-refractivity contribution in [1.29, 1.82) is 0 Å². The van der Waals surface area contributed by atoms with Crippen LogP contribution in [0, 0.1) is 0 Å². The Morgan fingerprint density at radius 3 is 2.45 bits per heavy atom. The summed E-state index contributed by atoms with van der Waals surface area (Å²) in [5.41, 5.74) is 9.65. The van der Waals surface area contributed by atoms with Gasteiger partial charge in [-0.1, -0.05) is 54.4 Å². The Bertz CT molecular complexity index is 1190. The molecule has 1 fully saturated rings. The van der Waals surface area contributed by atoms with E-state index in [-0.39, 0.29) is 35.3 Å². The SMILES string of the molecule is CN(Cc1cccc(C(CN)C2(c3ccc(Cl)cc3)CCC2)c1)S(=O)(=O)c1cn(C)cn1.Cl.